The van der Waals surface area contributed by atoms with Crippen LogP contribution in [0.3, 0.4) is 0 Å². The molecule has 0 amide bonds. The molecular formula is C16H12ClN3O4. The SMILES string of the molecule is COC(=O)C(c1ccc(Cl)cc1)n1cc2c([N+](=O)[O-])cccc2n1. The Hall–Kier alpha value is -2.93. The van der Waals surface area contributed by atoms with Crippen molar-refractivity contribution in [1.82, 2.24) is 9.78 Å². The molecule has 0 saturated heterocycles. The van der Waals surface area contributed by atoms with Crippen molar-refractivity contribution in [2.24, 2.45) is 0 Å². The van der Waals surface area contributed by atoms with Crippen LogP contribution >= 0.6 is 11.6 Å². The number of fused-ring (bicyclic) bond motifs is 1. The van der Waals surface area contributed by atoms with Crippen LogP contribution in [-0.2, 0) is 9.53 Å². The normalized spacial score (nSPS) is 12.1. The van der Waals surface area contributed by atoms with Crippen LogP contribution in [0.25, 0.3) is 10.9 Å². The number of methoxy groups -OCH3 is 1. The van der Waals surface area contributed by atoms with Crippen molar-refractivity contribution in [2.75, 3.05) is 7.11 Å². The maximum absolute atomic E-state index is 12.2. The minimum Gasteiger partial charge on any atom is -0.467 e. The van der Waals surface area contributed by atoms with Crippen LogP contribution in [0.2, 0.25) is 5.02 Å². The van der Waals surface area contributed by atoms with Crippen molar-refractivity contribution < 1.29 is 14.5 Å². The molecule has 0 bridgehead atoms. The van der Waals surface area contributed by atoms with Crippen molar-refractivity contribution in [3.63, 3.8) is 0 Å². The van der Waals surface area contributed by atoms with Gasteiger partial charge in [-0.05, 0) is 23.8 Å². The zero-order valence-corrected chi connectivity index (χ0v) is 13.3. The summed E-state index contributed by atoms with van der Waals surface area (Å²) < 4.78 is 6.23. The minimum atomic E-state index is -0.862. The minimum absolute atomic E-state index is 0.0709. The number of aromatic nitrogens is 2. The molecule has 1 atom stereocenters. The summed E-state index contributed by atoms with van der Waals surface area (Å²) in [6, 6.07) is 10.4. The Bertz CT molecular complexity index is 921. The van der Waals surface area contributed by atoms with Crippen LogP contribution in [0.5, 0.6) is 0 Å². The average Bonchev–Trinajstić information content (AvgIpc) is 2.99. The second-order valence-electron chi connectivity index (χ2n) is 5.05. The molecule has 8 heteroatoms. The first kappa shape index (κ1) is 15.9. The molecular weight excluding hydrogens is 334 g/mol. The van der Waals surface area contributed by atoms with Crippen molar-refractivity contribution in [1.29, 1.82) is 0 Å². The van der Waals surface area contributed by atoms with Crippen LogP contribution < -0.4 is 0 Å². The number of nitrogens with zero attached hydrogens (tertiary/aromatic N) is 3. The van der Waals surface area contributed by atoms with Crippen molar-refractivity contribution in [3.8, 4) is 0 Å². The molecule has 1 unspecified atom stereocenters. The number of esters is 1. The lowest BCUT2D eigenvalue weighted by Gasteiger charge is -2.15. The highest BCUT2D eigenvalue weighted by Gasteiger charge is 2.26. The van der Waals surface area contributed by atoms with Gasteiger partial charge in [0.25, 0.3) is 5.69 Å². The molecule has 1 heterocycles. The van der Waals surface area contributed by atoms with Gasteiger partial charge in [-0.25, -0.2) is 4.79 Å². The molecule has 0 aliphatic rings. The molecule has 0 radical (unpaired) electrons. The third-order valence-electron chi connectivity index (χ3n) is 3.62. The molecule has 0 N–H and O–H groups in total. The van der Waals surface area contributed by atoms with Gasteiger partial charge < -0.3 is 4.74 Å². The second-order valence-corrected chi connectivity index (χ2v) is 5.49. The number of carbonyl (C=O) groups is 1. The smallest absolute Gasteiger partial charge is 0.335 e. The summed E-state index contributed by atoms with van der Waals surface area (Å²) in [5.41, 5.74) is 0.965. The zero-order chi connectivity index (χ0) is 17.3. The summed E-state index contributed by atoms with van der Waals surface area (Å²) in [5.74, 6) is -0.534. The van der Waals surface area contributed by atoms with Gasteiger partial charge in [-0.15, -0.1) is 0 Å². The molecule has 3 aromatic rings. The predicted molar refractivity (Wildman–Crippen MR) is 88.0 cm³/mol. The van der Waals surface area contributed by atoms with E-state index in [1.165, 1.54) is 24.1 Å². The lowest BCUT2D eigenvalue weighted by atomic mass is 10.1. The topological polar surface area (TPSA) is 87.3 Å². The summed E-state index contributed by atoms with van der Waals surface area (Å²) in [6.07, 6.45) is 1.48. The molecule has 0 fully saturated rings. The summed E-state index contributed by atoms with van der Waals surface area (Å²) in [5, 5.41) is 16.3. The average molecular weight is 346 g/mol. The number of hydrogen-bond donors (Lipinski definition) is 0. The molecule has 3 rings (SSSR count). The number of ether oxygens (including phenoxy) is 1. The van der Waals surface area contributed by atoms with E-state index in [1.807, 2.05) is 0 Å². The van der Waals surface area contributed by atoms with E-state index in [2.05, 4.69) is 5.10 Å². The van der Waals surface area contributed by atoms with Gasteiger partial charge in [0.2, 0.25) is 0 Å². The standard InChI is InChI=1S/C16H12ClN3O4/c1-24-16(21)15(10-5-7-11(17)8-6-10)19-9-12-13(18-19)3-2-4-14(12)20(22)23/h2-9,15H,1H3. The largest absolute Gasteiger partial charge is 0.467 e. The Morgan fingerprint density at radius 2 is 2.00 bits per heavy atom. The lowest BCUT2D eigenvalue weighted by Crippen LogP contribution is -2.22. The van der Waals surface area contributed by atoms with Crippen LogP contribution in [0.4, 0.5) is 5.69 Å². The molecule has 122 valence electrons. The molecule has 24 heavy (non-hydrogen) atoms. The van der Waals surface area contributed by atoms with E-state index in [9.17, 15) is 14.9 Å². The van der Waals surface area contributed by atoms with Gasteiger partial charge in [-0.2, -0.15) is 5.10 Å². The van der Waals surface area contributed by atoms with E-state index in [4.69, 9.17) is 16.3 Å². The number of nitro benzene ring substituents is 1. The van der Waals surface area contributed by atoms with Crippen LogP contribution in [0, 0.1) is 10.1 Å². The Morgan fingerprint density at radius 1 is 1.29 bits per heavy atom. The fourth-order valence-electron chi connectivity index (χ4n) is 2.49. The zero-order valence-electron chi connectivity index (χ0n) is 12.5. The second kappa shape index (κ2) is 6.29. The number of nitro groups is 1. The monoisotopic (exact) mass is 345 g/mol. The van der Waals surface area contributed by atoms with Gasteiger partial charge in [-0.3, -0.25) is 14.8 Å². The summed E-state index contributed by atoms with van der Waals surface area (Å²) in [7, 11) is 1.27. The van der Waals surface area contributed by atoms with Gasteiger partial charge in [0.15, 0.2) is 6.04 Å². The Labute approximate surface area is 141 Å². The molecule has 0 aliphatic carbocycles. The third kappa shape index (κ3) is 2.81. The fraction of sp³-hybridized carbons (Fsp3) is 0.125. The fourth-order valence-corrected chi connectivity index (χ4v) is 2.62. The van der Waals surface area contributed by atoms with Gasteiger partial charge in [0.05, 0.1) is 22.9 Å². The van der Waals surface area contributed by atoms with E-state index >= 15 is 0 Å². The van der Waals surface area contributed by atoms with Crippen molar-refractivity contribution >= 4 is 34.2 Å². The number of non-ortho nitro benzene ring substituents is 1. The molecule has 1 aromatic heterocycles. The van der Waals surface area contributed by atoms with Gasteiger partial charge >= 0.3 is 5.97 Å². The maximum Gasteiger partial charge on any atom is 0.335 e. The third-order valence-corrected chi connectivity index (χ3v) is 3.87. The number of benzene rings is 2. The van der Waals surface area contributed by atoms with Gasteiger partial charge in [0.1, 0.15) is 0 Å². The summed E-state index contributed by atoms with van der Waals surface area (Å²) in [6.45, 7) is 0. The molecule has 2 aromatic carbocycles. The lowest BCUT2D eigenvalue weighted by molar-refractivity contribution is -0.383. The van der Waals surface area contributed by atoms with Gasteiger partial charge in [-0.1, -0.05) is 29.8 Å². The molecule has 7 nitrogen and oxygen atoms in total. The number of hydrogen-bond acceptors (Lipinski definition) is 5. The molecule has 0 aliphatic heterocycles. The number of carbonyl (C=O) groups excluding carboxylic acids is 1. The molecule has 0 saturated carbocycles. The van der Waals surface area contributed by atoms with E-state index in [0.717, 1.165) is 0 Å². The highest BCUT2D eigenvalue weighted by Crippen LogP contribution is 2.28. The first-order chi connectivity index (χ1) is 11.5. The van der Waals surface area contributed by atoms with Crippen LogP contribution in [-0.4, -0.2) is 27.8 Å². The van der Waals surface area contributed by atoms with Crippen molar-refractivity contribution in [2.45, 2.75) is 6.04 Å². The Balaban J connectivity index is 2.16. The Kier molecular flexibility index (Phi) is 4.18. The van der Waals surface area contributed by atoms with E-state index in [-0.39, 0.29) is 5.69 Å². The van der Waals surface area contributed by atoms with E-state index in [0.29, 0.717) is 21.5 Å². The van der Waals surface area contributed by atoms with Crippen LogP contribution in [0.1, 0.15) is 11.6 Å². The highest BCUT2D eigenvalue weighted by molar-refractivity contribution is 6.30. The van der Waals surface area contributed by atoms with E-state index < -0.39 is 16.9 Å². The van der Waals surface area contributed by atoms with Crippen molar-refractivity contribution in [3.05, 3.63) is 69.4 Å². The number of rotatable bonds is 4. The van der Waals surface area contributed by atoms with Gasteiger partial charge in [0, 0.05) is 17.3 Å². The van der Waals surface area contributed by atoms with Crippen LogP contribution in [0.15, 0.2) is 48.7 Å². The quantitative estimate of drug-likeness (QED) is 0.411. The first-order valence-electron chi connectivity index (χ1n) is 6.97. The predicted octanol–water partition coefficient (Wildman–Crippen LogP) is 3.36. The summed E-state index contributed by atoms with van der Waals surface area (Å²) in [4.78, 5) is 22.9. The Morgan fingerprint density at radius 3 is 2.62 bits per heavy atom. The number of halogens is 1. The van der Waals surface area contributed by atoms with E-state index in [1.54, 1.807) is 36.4 Å². The maximum atomic E-state index is 12.2. The highest BCUT2D eigenvalue weighted by atomic mass is 35.5. The first-order valence-corrected chi connectivity index (χ1v) is 7.34. The molecule has 0 spiro atoms. The summed E-state index contributed by atoms with van der Waals surface area (Å²) >= 11 is 5.88.